The summed E-state index contributed by atoms with van der Waals surface area (Å²) < 4.78 is 32.0. The van der Waals surface area contributed by atoms with Crippen LogP contribution in [0.4, 0.5) is 14.6 Å². The van der Waals surface area contributed by atoms with Crippen molar-refractivity contribution in [1.82, 2.24) is 9.97 Å². The molecule has 0 fully saturated rings. The number of hydrogen-bond donors (Lipinski definition) is 1. The molecule has 0 spiro atoms. The van der Waals surface area contributed by atoms with Crippen LogP contribution in [-0.2, 0) is 6.61 Å². The van der Waals surface area contributed by atoms with E-state index in [-0.39, 0.29) is 18.2 Å². The summed E-state index contributed by atoms with van der Waals surface area (Å²) in [5.74, 6) is -1.94. The first kappa shape index (κ1) is 12.7. The van der Waals surface area contributed by atoms with E-state index in [0.717, 1.165) is 6.07 Å². The minimum Gasteiger partial charge on any atom is -0.484 e. The number of aromatic nitrogens is 2. The highest BCUT2D eigenvalue weighted by molar-refractivity contribution is 9.10. The number of hydrogen-bond acceptors (Lipinski definition) is 4. The SMILES string of the molecule is Nc1cnc(COc2cc(Br)cc(F)c2F)cn1. The molecule has 0 atom stereocenters. The number of ether oxygens (including phenoxy) is 1. The van der Waals surface area contributed by atoms with Crippen LogP contribution in [-0.4, -0.2) is 9.97 Å². The van der Waals surface area contributed by atoms with Crippen LogP contribution in [0.5, 0.6) is 5.75 Å². The van der Waals surface area contributed by atoms with Gasteiger partial charge in [-0.15, -0.1) is 0 Å². The highest BCUT2D eigenvalue weighted by atomic mass is 79.9. The largest absolute Gasteiger partial charge is 0.484 e. The molecule has 1 aromatic carbocycles. The van der Waals surface area contributed by atoms with Gasteiger partial charge in [0, 0.05) is 4.47 Å². The maximum atomic E-state index is 13.4. The van der Waals surface area contributed by atoms with Gasteiger partial charge in [0.25, 0.3) is 0 Å². The molecule has 0 aliphatic heterocycles. The molecule has 0 saturated carbocycles. The lowest BCUT2D eigenvalue weighted by atomic mass is 10.3. The maximum Gasteiger partial charge on any atom is 0.200 e. The molecule has 7 heteroatoms. The van der Waals surface area contributed by atoms with Gasteiger partial charge in [0.05, 0.1) is 18.1 Å². The predicted molar refractivity (Wildman–Crippen MR) is 64.8 cm³/mol. The van der Waals surface area contributed by atoms with Crippen LogP contribution >= 0.6 is 15.9 Å². The summed E-state index contributed by atoms with van der Waals surface area (Å²) in [7, 11) is 0. The molecule has 94 valence electrons. The zero-order chi connectivity index (χ0) is 13.1. The van der Waals surface area contributed by atoms with Crippen LogP contribution in [0.3, 0.4) is 0 Å². The number of benzene rings is 1. The number of anilines is 1. The normalized spacial score (nSPS) is 10.4. The van der Waals surface area contributed by atoms with Crippen molar-refractivity contribution in [2.24, 2.45) is 0 Å². The standard InChI is InChI=1S/C11H8BrF2N3O/c12-6-1-8(13)11(14)9(2-6)18-5-7-3-17-10(15)4-16-7/h1-4H,5H2,(H2,15,17). The second kappa shape index (κ2) is 5.26. The molecule has 0 aliphatic carbocycles. The molecule has 2 aromatic rings. The summed E-state index contributed by atoms with van der Waals surface area (Å²) in [6.07, 6.45) is 2.76. The quantitative estimate of drug-likeness (QED) is 0.885. The molecule has 1 heterocycles. The van der Waals surface area contributed by atoms with Crippen LogP contribution < -0.4 is 10.5 Å². The van der Waals surface area contributed by atoms with Gasteiger partial charge in [-0.3, -0.25) is 4.98 Å². The smallest absolute Gasteiger partial charge is 0.200 e. The van der Waals surface area contributed by atoms with Gasteiger partial charge in [-0.05, 0) is 12.1 Å². The number of nitrogens with zero attached hydrogens (tertiary/aromatic N) is 2. The van der Waals surface area contributed by atoms with E-state index < -0.39 is 11.6 Å². The Hall–Kier alpha value is -1.76. The summed E-state index contributed by atoms with van der Waals surface area (Å²) in [5.41, 5.74) is 5.83. The van der Waals surface area contributed by atoms with Gasteiger partial charge in [0.1, 0.15) is 12.4 Å². The van der Waals surface area contributed by atoms with Gasteiger partial charge in [0.2, 0.25) is 5.82 Å². The summed E-state index contributed by atoms with van der Waals surface area (Å²) in [6, 6.07) is 2.36. The zero-order valence-corrected chi connectivity index (χ0v) is 10.6. The Balaban J connectivity index is 2.13. The van der Waals surface area contributed by atoms with Crippen LogP contribution in [0, 0.1) is 11.6 Å². The van der Waals surface area contributed by atoms with Crippen molar-refractivity contribution in [3.63, 3.8) is 0 Å². The number of rotatable bonds is 3. The summed E-state index contributed by atoms with van der Waals surface area (Å²) in [5, 5.41) is 0. The Morgan fingerprint density at radius 1 is 1.22 bits per heavy atom. The van der Waals surface area contributed by atoms with Crippen molar-refractivity contribution < 1.29 is 13.5 Å². The van der Waals surface area contributed by atoms with Crippen molar-refractivity contribution >= 4 is 21.7 Å². The lowest BCUT2D eigenvalue weighted by molar-refractivity contribution is 0.280. The van der Waals surface area contributed by atoms with Gasteiger partial charge in [-0.25, -0.2) is 9.37 Å². The highest BCUT2D eigenvalue weighted by Gasteiger charge is 2.11. The summed E-state index contributed by atoms with van der Waals surface area (Å²) >= 11 is 3.05. The second-order valence-corrected chi connectivity index (χ2v) is 4.34. The molecule has 4 nitrogen and oxygen atoms in total. The number of nitrogens with two attached hydrogens (primary N) is 1. The molecule has 0 radical (unpaired) electrons. The van der Waals surface area contributed by atoms with Gasteiger partial charge in [-0.1, -0.05) is 15.9 Å². The Morgan fingerprint density at radius 3 is 2.67 bits per heavy atom. The van der Waals surface area contributed by atoms with Gasteiger partial charge in [-0.2, -0.15) is 4.39 Å². The third kappa shape index (κ3) is 2.92. The molecule has 0 aliphatic rings. The average molecular weight is 316 g/mol. The second-order valence-electron chi connectivity index (χ2n) is 3.42. The topological polar surface area (TPSA) is 61.0 Å². The Bertz CT molecular complexity index is 563. The molecule has 2 N–H and O–H groups in total. The summed E-state index contributed by atoms with van der Waals surface area (Å²) in [4.78, 5) is 7.73. The van der Waals surface area contributed by atoms with Crippen molar-refractivity contribution in [1.29, 1.82) is 0 Å². The molecular formula is C11H8BrF2N3O. The first-order valence-electron chi connectivity index (χ1n) is 4.90. The number of nitrogen functional groups attached to an aromatic ring is 1. The maximum absolute atomic E-state index is 13.4. The van der Waals surface area contributed by atoms with Crippen molar-refractivity contribution in [2.45, 2.75) is 6.61 Å². The van der Waals surface area contributed by atoms with Crippen molar-refractivity contribution in [3.05, 3.63) is 46.3 Å². The molecule has 0 saturated heterocycles. The first-order valence-corrected chi connectivity index (χ1v) is 5.69. The molecule has 2 rings (SSSR count). The average Bonchev–Trinajstić information content (AvgIpc) is 2.34. The van der Waals surface area contributed by atoms with E-state index >= 15 is 0 Å². The highest BCUT2D eigenvalue weighted by Crippen LogP contribution is 2.25. The first-order chi connectivity index (χ1) is 8.56. The van der Waals surface area contributed by atoms with Gasteiger partial charge < -0.3 is 10.5 Å². The Morgan fingerprint density at radius 2 is 2.00 bits per heavy atom. The van der Waals surface area contributed by atoms with E-state index in [9.17, 15) is 8.78 Å². The van der Waals surface area contributed by atoms with E-state index in [1.807, 2.05) is 0 Å². The monoisotopic (exact) mass is 315 g/mol. The van der Waals surface area contributed by atoms with Gasteiger partial charge >= 0.3 is 0 Å². The van der Waals surface area contributed by atoms with Gasteiger partial charge in [0.15, 0.2) is 11.6 Å². The molecule has 0 bridgehead atoms. The van der Waals surface area contributed by atoms with E-state index in [2.05, 4.69) is 25.9 Å². The van der Waals surface area contributed by atoms with Crippen LogP contribution in [0.1, 0.15) is 5.69 Å². The van der Waals surface area contributed by atoms with E-state index in [1.165, 1.54) is 18.5 Å². The third-order valence-corrected chi connectivity index (χ3v) is 2.52. The molecular weight excluding hydrogens is 308 g/mol. The minimum absolute atomic E-state index is 0.0277. The lowest BCUT2D eigenvalue weighted by Gasteiger charge is -2.07. The Kier molecular flexibility index (Phi) is 3.71. The Labute approximate surface area is 110 Å². The third-order valence-electron chi connectivity index (χ3n) is 2.06. The fourth-order valence-electron chi connectivity index (χ4n) is 1.23. The minimum atomic E-state index is -1.04. The molecule has 1 aromatic heterocycles. The zero-order valence-electron chi connectivity index (χ0n) is 9.03. The van der Waals surface area contributed by atoms with E-state index in [0.29, 0.717) is 10.2 Å². The van der Waals surface area contributed by atoms with E-state index in [1.54, 1.807) is 0 Å². The van der Waals surface area contributed by atoms with Crippen molar-refractivity contribution in [2.75, 3.05) is 5.73 Å². The predicted octanol–water partition coefficient (Wildman–Crippen LogP) is 2.68. The molecule has 18 heavy (non-hydrogen) atoms. The fraction of sp³-hybridized carbons (Fsp3) is 0.0909. The van der Waals surface area contributed by atoms with Crippen molar-refractivity contribution in [3.8, 4) is 5.75 Å². The molecule has 0 unspecified atom stereocenters. The summed E-state index contributed by atoms with van der Waals surface area (Å²) in [6.45, 7) is -0.0277. The lowest BCUT2D eigenvalue weighted by Crippen LogP contribution is -2.02. The fourth-order valence-corrected chi connectivity index (χ4v) is 1.64. The van der Waals surface area contributed by atoms with Crippen LogP contribution in [0.25, 0.3) is 0 Å². The number of halogens is 3. The van der Waals surface area contributed by atoms with Crippen LogP contribution in [0.15, 0.2) is 29.0 Å². The van der Waals surface area contributed by atoms with Crippen LogP contribution in [0.2, 0.25) is 0 Å². The van der Waals surface area contributed by atoms with E-state index in [4.69, 9.17) is 10.5 Å². The molecule has 0 amide bonds.